The van der Waals surface area contributed by atoms with Gasteiger partial charge in [-0.15, -0.1) is 0 Å². The number of carbonyl (C=O) groups excluding carboxylic acids is 2. The van der Waals surface area contributed by atoms with Crippen molar-refractivity contribution in [3.63, 3.8) is 0 Å². The van der Waals surface area contributed by atoms with Crippen LogP contribution in [0.5, 0.6) is 0 Å². The van der Waals surface area contributed by atoms with Gasteiger partial charge in [0.2, 0.25) is 0 Å². The van der Waals surface area contributed by atoms with E-state index in [1.165, 1.54) is 0 Å². The van der Waals surface area contributed by atoms with E-state index in [4.69, 9.17) is 0 Å². The Bertz CT molecular complexity index is 396. The Morgan fingerprint density at radius 2 is 2.00 bits per heavy atom. The highest BCUT2D eigenvalue weighted by molar-refractivity contribution is 7.91. The molecule has 0 amide bonds. The first-order valence-electron chi connectivity index (χ1n) is 4.39. The molecule has 2 aliphatic heterocycles. The van der Waals surface area contributed by atoms with Gasteiger partial charge in [-0.05, 0) is 12.8 Å². The van der Waals surface area contributed by atoms with Crippen molar-refractivity contribution >= 4 is 21.8 Å². The maximum atomic E-state index is 11.3. The van der Waals surface area contributed by atoms with Crippen molar-refractivity contribution in [1.82, 2.24) is 0 Å². The van der Waals surface area contributed by atoms with Gasteiger partial charge in [0.05, 0.1) is 23.3 Å². The molecule has 0 aromatic rings. The largest absolute Gasteiger partial charge is 0.393 e. The molecule has 0 N–H and O–H groups in total. The summed E-state index contributed by atoms with van der Waals surface area (Å²) in [5, 5.41) is 0. The van der Waals surface area contributed by atoms with E-state index < -0.39 is 27.2 Å². The molecule has 2 aliphatic rings. The van der Waals surface area contributed by atoms with Gasteiger partial charge in [0.15, 0.2) is 9.84 Å². The smallest absolute Gasteiger partial charge is 0.321 e. The second-order valence-corrected chi connectivity index (χ2v) is 6.10. The van der Waals surface area contributed by atoms with Crippen LogP contribution >= 0.6 is 0 Å². The standard InChI is InChI=1S/C8H10O5S/c9-6-4-8(7(10)13-6)2-1-3-14(11,12)5-8/h1-5H2. The van der Waals surface area contributed by atoms with Crippen LogP contribution in [0.15, 0.2) is 0 Å². The molecule has 78 valence electrons. The van der Waals surface area contributed by atoms with Crippen LogP contribution in [-0.2, 0) is 24.2 Å². The summed E-state index contributed by atoms with van der Waals surface area (Å²) in [6, 6.07) is 0. The Balaban J connectivity index is 2.33. The summed E-state index contributed by atoms with van der Waals surface area (Å²) in [5.41, 5.74) is -1.06. The number of hydrogen-bond acceptors (Lipinski definition) is 5. The van der Waals surface area contributed by atoms with E-state index in [1.54, 1.807) is 0 Å². The second kappa shape index (κ2) is 2.79. The Labute approximate surface area is 81.3 Å². The van der Waals surface area contributed by atoms with Gasteiger partial charge in [0, 0.05) is 0 Å². The molecule has 2 heterocycles. The van der Waals surface area contributed by atoms with Crippen molar-refractivity contribution in [2.75, 3.05) is 11.5 Å². The van der Waals surface area contributed by atoms with E-state index in [2.05, 4.69) is 4.74 Å². The predicted molar refractivity (Wildman–Crippen MR) is 46.0 cm³/mol. The highest BCUT2D eigenvalue weighted by Crippen LogP contribution is 2.40. The number of rotatable bonds is 0. The highest BCUT2D eigenvalue weighted by atomic mass is 32.2. The fraction of sp³-hybridized carbons (Fsp3) is 0.750. The van der Waals surface area contributed by atoms with Gasteiger partial charge in [-0.1, -0.05) is 0 Å². The van der Waals surface area contributed by atoms with Crippen LogP contribution in [0.3, 0.4) is 0 Å². The monoisotopic (exact) mass is 218 g/mol. The van der Waals surface area contributed by atoms with Crippen molar-refractivity contribution in [3.8, 4) is 0 Å². The molecule has 1 spiro atoms. The Hall–Kier alpha value is -0.910. The van der Waals surface area contributed by atoms with Gasteiger partial charge < -0.3 is 4.74 Å². The van der Waals surface area contributed by atoms with E-state index in [9.17, 15) is 18.0 Å². The number of cyclic esters (lactones) is 2. The van der Waals surface area contributed by atoms with Crippen molar-refractivity contribution in [2.24, 2.45) is 5.41 Å². The van der Waals surface area contributed by atoms with E-state index in [0.717, 1.165) is 0 Å². The normalized spacial score (nSPS) is 36.0. The van der Waals surface area contributed by atoms with Crippen LogP contribution < -0.4 is 0 Å². The first kappa shape index (κ1) is 9.64. The first-order chi connectivity index (χ1) is 6.44. The zero-order chi connectivity index (χ0) is 10.4. The van der Waals surface area contributed by atoms with Crippen molar-refractivity contribution < 1.29 is 22.7 Å². The average Bonchev–Trinajstić information content (AvgIpc) is 2.24. The van der Waals surface area contributed by atoms with E-state index in [0.29, 0.717) is 12.8 Å². The van der Waals surface area contributed by atoms with Crippen molar-refractivity contribution in [3.05, 3.63) is 0 Å². The fourth-order valence-corrected chi connectivity index (χ4v) is 4.03. The van der Waals surface area contributed by atoms with Crippen molar-refractivity contribution in [2.45, 2.75) is 19.3 Å². The molecule has 14 heavy (non-hydrogen) atoms. The van der Waals surface area contributed by atoms with Gasteiger partial charge >= 0.3 is 11.9 Å². The van der Waals surface area contributed by atoms with E-state index >= 15 is 0 Å². The number of carbonyl (C=O) groups is 2. The van der Waals surface area contributed by atoms with Crippen LogP contribution in [0.25, 0.3) is 0 Å². The Kier molecular flexibility index (Phi) is 1.92. The molecule has 2 rings (SSSR count). The molecular weight excluding hydrogens is 208 g/mol. The summed E-state index contributed by atoms with van der Waals surface area (Å²) in [6.45, 7) is 0. The average molecular weight is 218 g/mol. The molecule has 0 radical (unpaired) electrons. The predicted octanol–water partition coefficient (Wildman–Crippen LogP) is -0.345. The summed E-state index contributed by atoms with van der Waals surface area (Å²) < 4.78 is 27.1. The zero-order valence-corrected chi connectivity index (χ0v) is 8.30. The minimum absolute atomic E-state index is 0.0783. The lowest BCUT2D eigenvalue weighted by Crippen LogP contribution is -2.39. The quantitative estimate of drug-likeness (QED) is 0.410. The van der Waals surface area contributed by atoms with Crippen LogP contribution in [0.1, 0.15) is 19.3 Å². The minimum atomic E-state index is -3.18. The zero-order valence-electron chi connectivity index (χ0n) is 7.49. The molecule has 0 aromatic carbocycles. The van der Waals surface area contributed by atoms with Gasteiger partial charge in [-0.2, -0.15) is 0 Å². The van der Waals surface area contributed by atoms with Crippen LogP contribution in [0.4, 0.5) is 0 Å². The van der Waals surface area contributed by atoms with Crippen LogP contribution in [0.2, 0.25) is 0 Å². The molecule has 5 nitrogen and oxygen atoms in total. The van der Waals surface area contributed by atoms with Gasteiger partial charge in [0.1, 0.15) is 0 Å². The molecule has 0 bridgehead atoms. The lowest BCUT2D eigenvalue weighted by Gasteiger charge is -2.27. The lowest BCUT2D eigenvalue weighted by atomic mass is 9.83. The van der Waals surface area contributed by atoms with Crippen LogP contribution in [-0.4, -0.2) is 31.9 Å². The summed E-state index contributed by atoms with van der Waals surface area (Å²) in [7, 11) is -3.18. The number of sulfone groups is 1. The van der Waals surface area contributed by atoms with Gasteiger partial charge in [0.25, 0.3) is 0 Å². The van der Waals surface area contributed by atoms with E-state index in [1.807, 2.05) is 0 Å². The SMILES string of the molecule is O=C1CC2(CCCS(=O)(=O)C2)C(=O)O1. The first-order valence-corrected chi connectivity index (χ1v) is 6.21. The second-order valence-electron chi connectivity index (χ2n) is 3.91. The van der Waals surface area contributed by atoms with Gasteiger partial charge in [-0.3, -0.25) is 9.59 Å². The molecule has 0 aliphatic carbocycles. The number of ether oxygens (including phenoxy) is 1. The summed E-state index contributed by atoms with van der Waals surface area (Å²) in [4.78, 5) is 22.2. The maximum Gasteiger partial charge on any atom is 0.321 e. The third-order valence-electron chi connectivity index (χ3n) is 2.73. The molecule has 0 aromatic heterocycles. The molecular formula is C8H10O5S. The minimum Gasteiger partial charge on any atom is -0.393 e. The van der Waals surface area contributed by atoms with Crippen molar-refractivity contribution in [1.29, 1.82) is 0 Å². The Morgan fingerprint density at radius 1 is 1.29 bits per heavy atom. The number of hydrogen-bond donors (Lipinski definition) is 0. The molecule has 6 heteroatoms. The topological polar surface area (TPSA) is 77.5 Å². The fourth-order valence-electron chi connectivity index (χ4n) is 2.09. The summed E-state index contributed by atoms with van der Waals surface area (Å²) in [6.07, 6.45) is 0.798. The molecule has 1 atom stereocenters. The van der Waals surface area contributed by atoms with Gasteiger partial charge in [-0.25, -0.2) is 8.42 Å². The molecule has 2 fully saturated rings. The Morgan fingerprint density at radius 3 is 2.50 bits per heavy atom. The van der Waals surface area contributed by atoms with E-state index in [-0.39, 0.29) is 17.9 Å². The lowest BCUT2D eigenvalue weighted by molar-refractivity contribution is -0.155. The number of esters is 2. The highest BCUT2D eigenvalue weighted by Gasteiger charge is 2.53. The third-order valence-corrected chi connectivity index (χ3v) is 4.63. The molecule has 2 saturated heterocycles. The maximum absolute atomic E-state index is 11.3. The van der Waals surface area contributed by atoms with Crippen LogP contribution in [0, 0.1) is 5.41 Å². The summed E-state index contributed by atoms with van der Waals surface area (Å²) in [5.74, 6) is -1.39. The molecule has 1 unspecified atom stereocenters. The molecule has 0 saturated carbocycles. The summed E-state index contributed by atoms with van der Waals surface area (Å²) >= 11 is 0. The third kappa shape index (κ3) is 1.43.